The average Bonchev–Trinajstić information content (AvgIpc) is 2.68. The monoisotopic (exact) mass is 469 g/mol. The van der Waals surface area contributed by atoms with E-state index in [4.69, 9.17) is 46.4 Å². The van der Waals surface area contributed by atoms with Gasteiger partial charge >= 0.3 is 0 Å². The third-order valence-corrected chi connectivity index (χ3v) is 5.44. The number of hydrogen-bond donors (Lipinski definition) is 0. The number of anilines is 3. The Bertz CT molecular complexity index is 918. The van der Waals surface area contributed by atoms with Crippen molar-refractivity contribution in [1.29, 1.82) is 0 Å². The van der Waals surface area contributed by atoms with Gasteiger partial charge in [-0.3, -0.25) is 0 Å². The molecule has 0 saturated heterocycles. The van der Waals surface area contributed by atoms with Gasteiger partial charge in [-0.2, -0.15) is 29.9 Å². The van der Waals surface area contributed by atoms with Crippen molar-refractivity contribution in [2.75, 3.05) is 4.90 Å². The lowest BCUT2D eigenvalue weighted by atomic mass is 9.84. The molecule has 11 heteroatoms. The Morgan fingerprint density at radius 2 is 1.07 bits per heavy atom. The molecule has 0 spiro atoms. The van der Waals surface area contributed by atoms with Crippen LogP contribution in [0.15, 0.2) is 24.3 Å². The summed E-state index contributed by atoms with van der Waals surface area (Å²) in [4.78, 5) is 25.8. The Balaban J connectivity index is 1.77. The van der Waals surface area contributed by atoms with Crippen LogP contribution in [0.5, 0.6) is 0 Å². The van der Waals surface area contributed by atoms with Gasteiger partial charge in [0.2, 0.25) is 33.0 Å². The number of rotatable bonds is 4. The van der Waals surface area contributed by atoms with E-state index in [-0.39, 0.29) is 33.0 Å². The van der Waals surface area contributed by atoms with Crippen LogP contribution < -0.4 is 4.90 Å². The van der Waals surface area contributed by atoms with Crippen LogP contribution in [-0.2, 0) is 0 Å². The molecule has 7 nitrogen and oxygen atoms in total. The molecule has 0 radical (unpaired) electrons. The van der Waals surface area contributed by atoms with E-state index in [0.717, 1.165) is 0 Å². The van der Waals surface area contributed by atoms with Crippen LogP contribution in [0.3, 0.4) is 0 Å². The van der Waals surface area contributed by atoms with E-state index >= 15 is 0 Å². The second-order valence-electron chi connectivity index (χ2n) is 6.61. The fraction of sp³-hybridized carbons (Fsp3) is 0.333. The molecule has 0 unspecified atom stereocenters. The summed E-state index contributed by atoms with van der Waals surface area (Å²) in [5, 5.41) is -0.240. The number of nitrogens with zero attached hydrogens (tertiary/aromatic N) is 7. The van der Waals surface area contributed by atoms with Gasteiger partial charge in [0.1, 0.15) is 0 Å². The van der Waals surface area contributed by atoms with Gasteiger partial charge in [0, 0.05) is 0 Å². The second kappa shape index (κ2) is 8.92. The largest absolute Gasteiger partial charge is 0.246 e. The van der Waals surface area contributed by atoms with Crippen LogP contribution in [0, 0.1) is 0 Å². The van der Waals surface area contributed by atoms with Crippen molar-refractivity contribution < 1.29 is 0 Å². The smallest absolute Gasteiger partial charge is 0.242 e. The first-order chi connectivity index (χ1) is 14.0. The average molecular weight is 471 g/mol. The zero-order chi connectivity index (χ0) is 20.4. The maximum atomic E-state index is 5.98. The lowest BCUT2D eigenvalue weighted by Gasteiger charge is -2.24. The molecular weight excluding hydrogens is 456 g/mol. The molecule has 29 heavy (non-hydrogen) atoms. The normalized spacial score (nSPS) is 14.8. The fourth-order valence-corrected chi connectivity index (χ4v) is 4.19. The lowest BCUT2D eigenvalue weighted by molar-refractivity contribution is 0.443. The molecule has 2 aromatic heterocycles. The molecular formula is C18H15Cl4N7. The number of halogens is 4. The van der Waals surface area contributed by atoms with Crippen molar-refractivity contribution in [2.24, 2.45) is 0 Å². The van der Waals surface area contributed by atoms with Crippen molar-refractivity contribution in [2.45, 2.75) is 38.0 Å². The van der Waals surface area contributed by atoms with E-state index in [0.29, 0.717) is 11.6 Å². The van der Waals surface area contributed by atoms with E-state index in [1.807, 2.05) is 12.1 Å². The zero-order valence-electron chi connectivity index (χ0n) is 15.1. The van der Waals surface area contributed by atoms with Gasteiger partial charge in [0.15, 0.2) is 0 Å². The fourth-order valence-electron chi connectivity index (χ4n) is 3.48. The number of aromatic nitrogens is 6. The molecule has 2 heterocycles. The van der Waals surface area contributed by atoms with E-state index < -0.39 is 0 Å². The SMILES string of the molecule is Clc1nc(Cl)nc(N(c2ccc(C3CCCCC3)cc2)c2nc(Cl)nc(Cl)n2)n1. The summed E-state index contributed by atoms with van der Waals surface area (Å²) in [5.74, 6) is 0.853. The minimum atomic E-state index is -0.0601. The van der Waals surface area contributed by atoms with E-state index in [1.54, 1.807) is 4.90 Å². The van der Waals surface area contributed by atoms with Gasteiger partial charge in [0.05, 0.1) is 5.69 Å². The Morgan fingerprint density at radius 1 is 0.621 bits per heavy atom. The number of benzene rings is 1. The Morgan fingerprint density at radius 3 is 1.52 bits per heavy atom. The molecule has 3 aromatic rings. The molecule has 0 aliphatic heterocycles. The summed E-state index contributed by atoms with van der Waals surface area (Å²) in [5.41, 5.74) is 1.99. The van der Waals surface area contributed by atoms with Gasteiger partial charge < -0.3 is 0 Å². The van der Waals surface area contributed by atoms with Crippen LogP contribution >= 0.6 is 46.4 Å². The van der Waals surface area contributed by atoms with E-state index in [1.165, 1.54) is 37.7 Å². The third-order valence-electron chi connectivity index (χ3n) is 4.77. The molecule has 4 rings (SSSR count). The van der Waals surface area contributed by atoms with Gasteiger partial charge in [-0.15, -0.1) is 0 Å². The Hall–Kier alpha value is -1.80. The predicted octanol–water partition coefficient (Wildman–Crippen LogP) is 6.19. The van der Waals surface area contributed by atoms with Gasteiger partial charge in [-0.25, -0.2) is 4.90 Å². The number of hydrogen-bond acceptors (Lipinski definition) is 7. The third kappa shape index (κ3) is 4.86. The summed E-state index contributed by atoms with van der Waals surface area (Å²) in [7, 11) is 0. The molecule has 150 valence electrons. The van der Waals surface area contributed by atoms with Crippen LogP contribution in [-0.4, -0.2) is 29.9 Å². The van der Waals surface area contributed by atoms with Crippen molar-refractivity contribution in [3.05, 3.63) is 51.0 Å². The molecule has 0 amide bonds. The van der Waals surface area contributed by atoms with Gasteiger partial charge in [-0.1, -0.05) is 31.4 Å². The summed E-state index contributed by atoms with van der Waals surface area (Å²) in [6, 6.07) is 8.07. The molecule has 1 aliphatic rings. The van der Waals surface area contributed by atoms with E-state index in [9.17, 15) is 0 Å². The topological polar surface area (TPSA) is 80.6 Å². The molecule has 0 N–H and O–H groups in total. The highest BCUT2D eigenvalue weighted by atomic mass is 35.5. The van der Waals surface area contributed by atoms with E-state index in [2.05, 4.69) is 42.0 Å². The van der Waals surface area contributed by atoms with Crippen molar-refractivity contribution in [3.8, 4) is 0 Å². The second-order valence-corrected chi connectivity index (χ2v) is 7.96. The molecule has 1 aliphatic carbocycles. The van der Waals surface area contributed by atoms with Crippen molar-refractivity contribution in [1.82, 2.24) is 29.9 Å². The molecule has 1 saturated carbocycles. The van der Waals surface area contributed by atoms with Crippen LogP contribution in [0.25, 0.3) is 0 Å². The van der Waals surface area contributed by atoms with Crippen molar-refractivity contribution in [3.63, 3.8) is 0 Å². The first-order valence-corrected chi connectivity index (χ1v) is 10.5. The molecule has 1 aromatic carbocycles. The summed E-state index contributed by atoms with van der Waals surface area (Å²) in [6.45, 7) is 0. The predicted molar refractivity (Wildman–Crippen MR) is 114 cm³/mol. The highest BCUT2D eigenvalue weighted by Crippen LogP contribution is 2.36. The highest BCUT2D eigenvalue weighted by Gasteiger charge is 2.22. The summed E-state index contributed by atoms with van der Waals surface area (Å²) in [6.07, 6.45) is 6.26. The minimum absolute atomic E-state index is 0.0601. The maximum Gasteiger partial charge on any atom is 0.242 e. The Labute approximate surface area is 187 Å². The van der Waals surface area contributed by atoms with Crippen LogP contribution in [0.2, 0.25) is 21.1 Å². The molecule has 1 fully saturated rings. The standard InChI is InChI=1S/C18H15Cl4N7/c19-13-23-14(20)26-17(25-13)29(18-27-15(21)24-16(22)28-18)12-8-6-11(7-9-12)10-4-2-1-3-5-10/h6-10H,1-5H2. The molecule has 0 atom stereocenters. The first-order valence-electron chi connectivity index (χ1n) is 9.04. The van der Waals surface area contributed by atoms with Crippen molar-refractivity contribution >= 4 is 64.0 Å². The summed E-state index contributed by atoms with van der Waals surface area (Å²) >= 11 is 23.9. The minimum Gasteiger partial charge on any atom is -0.246 e. The zero-order valence-corrected chi connectivity index (χ0v) is 18.1. The lowest BCUT2D eigenvalue weighted by Crippen LogP contribution is -2.17. The van der Waals surface area contributed by atoms with Crippen LogP contribution in [0.4, 0.5) is 17.6 Å². The quantitative estimate of drug-likeness (QED) is 0.449. The summed E-state index contributed by atoms with van der Waals surface area (Å²) < 4.78 is 0. The van der Waals surface area contributed by atoms with Gasteiger partial charge in [0.25, 0.3) is 0 Å². The first kappa shape index (κ1) is 20.5. The maximum absolute atomic E-state index is 5.98. The highest BCUT2D eigenvalue weighted by molar-refractivity contribution is 6.31. The Kier molecular flexibility index (Phi) is 6.29. The van der Waals surface area contributed by atoms with Gasteiger partial charge in [-0.05, 0) is 82.9 Å². The van der Waals surface area contributed by atoms with Crippen LogP contribution in [0.1, 0.15) is 43.6 Å². The molecule has 0 bridgehead atoms.